The zero-order valence-corrected chi connectivity index (χ0v) is 17.2. The molecule has 0 unspecified atom stereocenters. The van der Waals surface area contributed by atoms with Crippen LogP contribution in [0, 0.1) is 18.8 Å². The minimum Gasteiger partial charge on any atom is -0.323 e. The molecule has 1 heterocycles. The molecule has 0 saturated heterocycles. The van der Waals surface area contributed by atoms with Gasteiger partial charge < -0.3 is 4.90 Å². The number of benzene rings is 2. The average molecular weight is 386 g/mol. The van der Waals surface area contributed by atoms with E-state index in [2.05, 4.69) is 29.1 Å². The zero-order chi connectivity index (χ0) is 20.6. The van der Waals surface area contributed by atoms with Gasteiger partial charge >= 0.3 is 0 Å². The monoisotopic (exact) mass is 386 g/mol. The van der Waals surface area contributed by atoms with Gasteiger partial charge in [-0.2, -0.15) is 0 Å². The van der Waals surface area contributed by atoms with Gasteiger partial charge in [-0.05, 0) is 38.0 Å². The SMILES string of the molecule is CC[C@@H](C)N(CC#Cc1ccccc1)C(=O)c1nnn(Cc2ccccc2)c1C. The Bertz CT molecular complexity index is 1000. The summed E-state index contributed by atoms with van der Waals surface area (Å²) in [6.45, 7) is 6.93. The van der Waals surface area contributed by atoms with Gasteiger partial charge in [0.2, 0.25) is 0 Å². The summed E-state index contributed by atoms with van der Waals surface area (Å²) in [6, 6.07) is 19.9. The van der Waals surface area contributed by atoms with Crippen LogP contribution in [0.5, 0.6) is 0 Å². The molecule has 0 saturated carbocycles. The van der Waals surface area contributed by atoms with Crippen molar-refractivity contribution in [2.75, 3.05) is 6.54 Å². The fraction of sp³-hybridized carbons (Fsp3) is 0.292. The smallest absolute Gasteiger partial charge is 0.277 e. The highest BCUT2D eigenvalue weighted by Gasteiger charge is 2.25. The lowest BCUT2D eigenvalue weighted by atomic mass is 10.1. The van der Waals surface area contributed by atoms with Gasteiger partial charge in [-0.25, -0.2) is 4.68 Å². The molecule has 1 amide bonds. The number of hydrogen-bond donors (Lipinski definition) is 0. The van der Waals surface area contributed by atoms with Gasteiger partial charge in [0.15, 0.2) is 5.69 Å². The van der Waals surface area contributed by atoms with Crippen molar-refractivity contribution in [2.45, 2.75) is 39.8 Å². The van der Waals surface area contributed by atoms with E-state index in [4.69, 9.17) is 0 Å². The Morgan fingerprint density at radius 2 is 1.76 bits per heavy atom. The second-order valence-electron chi connectivity index (χ2n) is 7.02. The average Bonchev–Trinajstić information content (AvgIpc) is 3.12. The van der Waals surface area contributed by atoms with Crippen molar-refractivity contribution in [1.29, 1.82) is 0 Å². The maximum Gasteiger partial charge on any atom is 0.277 e. The largest absolute Gasteiger partial charge is 0.323 e. The lowest BCUT2D eigenvalue weighted by Crippen LogP contribution is -2.39. The van der Waals surface area contributed by atoms with Crippen LogP contribution in [-0.2, 0) is 6.54 Å². The topological polar surface area (TPSA) is 51.0 Å². The van der Waals surface area contributed by atoms with Crippen molar-refractivity contribution in [2.24, 2.45) is 0 Å². The first-order valence-corrected chi connectivity index (χ1v) is 9.89. The molecule has 29 heavy (non-hydrogen) atoms. The van der Waals surface area contributed by atoms with E-state index in [0.29, 0.717) is 18.8 Å². The fourth-order valence-corrected chi connectivity index (χ4v) is 3.00. The summed E-state index contributed by atoms with van der Waals surface area (Å²) in [5.41, 5.74) is 3.21. The Labute approximate surface area is 172 Å². The quantitative estimate of drug-likeness (QED) is 0.603. The van der Waals surface area contributed by atoms with E-state index in [0.717, 1.165) is 23.2 Å². The molecule has 148 valence electrons. The van der Waals surface area contributed by atoms with Crippen LogP contribution in [0.3, 0.4) is 0 Å². The molecule has 1 aromatic heterocycles. The van der Waals surface area contributed by atoms with E-state index in [1.54, 1.807) is 9.58 Å². The number of rotatable bonds is 6. The second kappa shape index (κ2) is 9.70. The molecule has 0 radical (unpaired) electrons. The van der Waals surface area contributed by atoms with Crippen molar-refractivity contribution in [3.8, 4) is 11.8 Å². The van der Waals surface area contributed by atoms with Crippen LogP contribution < -0.4 is 0 Å². The van der Waals surface area contributed by atoms with E-state index in [1.165, 1.54) is 0 Å². The van der Waals surface area contributed by atoms with Crippen LogP contribution in [0.15, 0.2) is 60.7 Å². The number of aromatic nitrogens is 3. The van der Waals surface area contributed by atoms with Gasteiger partial charge in [-0.1, -0.05) is 72.5 Å². The van der Waals surface area contributed by atoms with Crippen LogP contribution >= 0.6 is 0 Å². The normalized spacial score (nSPS) is 11.4. The van der Waals surface area contributed by atoms with E-state index in [9.17, 15) is 4.79 Å². The van der Waals surface area contributed by atoms with Crippen LogP contribution in [0.25, 0.3) is 0 Å². The van der Waals surface area contributed by atoms with Gasteiger partial charge in [-0.15, -0.1) is 5.10 Å². The number of nitrogens with zero attached hydrogens (tertiary/aromatic N) is 4. The van der Waals surface area contributed by atoms with E-state index in [1.807, 2.05) is 74.5 Å². The Balaban J connectivity index is 1.78. The molecule has 5 heteroatoms. The molecular weight excluding hydrogens is 360 g/mol. The molecule has 0 N–H and O–H groups in total. The molecule has 5 nitrogen and oxygen atoms in total. The lowest BCUT2D eigenvalue weighted by molar-refractivity contribution is 0.0709. The summed E-state index contributed by atoms with van der Waals surface area (Å²) < 4.78 is 1.77. The van der Waals surface area contributed by atoms with Crippen molar-refractivity contribution < 1.29 is 4.79 Å². The summed E-state index contributed by atoms with van der Waals surface area (Å²) in [6.07, 6.45) is 0.843. The predicted octanol–water partition coefficient (Wildman–Crippen LogP) is 3.93. The standard InChI is InChI=1S/C24H26N4O/c1-4-19(2)27(17-11-16-21-12-7-5-8-13-21)24(29)23-20(3)28(26-25-23)18-22-14-9-6-10-15-22/h5-10,12-15,19H,4,17-18H2,1-3H3/t19-/m1/s1. The van der Waals surface area contributed by atoms with Crippen LogP contribution in [0.4, 0.5) is 0 Å². The minimum absolute atomic E-state index is 0.0613. The summed E-state index contributed by atoms with van der Waals surface area (Å²) in [5.74, 6) is 6.14. The maximum atomic E-state index is 13.2. The third-order valence-electron chi connectivity index (χ3n) is 5.00. The number of hydrogen-bond acceptors (Lipinski definition) is 3. The number of amides is 1. The second-order valence-corrected chi connectivity index (χ2v) is 7.02. The van der Waals surface area contributed by atoms with Gasteiger partial charge in [-0.3, -0.25) is 4.79 Å². The lowest BCUT2D eigenvalue weighted by Gasteiger charge is -2.26. The first kappa shape index (κ1) is 20.3. The Kier molecular flexibility index (Phi) is 6.80. The van der Waals surface area contributed by atoms with Crippen LogP contribution in [0.1, 0.15) is 47.6 Å². The van der Waals surface area contributed by atoms with Gasteiger partial charge in [0.1, 0.15) is 0 Å². The summed E-state index contributed by atoms with van der Waals surface area (Å²) in [5, 5.41) is 8.40. The third kappa shape index (κ3) is 5.11. The van der Waals surface area contributed by atoms with Crippen molar-refractivity contribution in [3.63, 3.8) is 0 Å². The Morgan fingerprint density at radius 3 is 2.41 bits per heavy atom. The van der Waals surface area contributed by atoms with Gasteiger partial charge in [0.25, 0.3) is 5.91 Å². The van der Waals surface area contributed by atoms with Crippen molar-refractivity contribution >= 4 is 5.91 Å². The zero-order valence-electron chi connectivity index (χ0n) is 17.2. The molecule has 0 aliphatic carbocycles. The molecule has 0 spiro atoms. The third-order valence-corrected chi connectivity index (χ3v) is 5.00. The molecule has 3 aromatic rings. The summed E-state index contributed by atoms with van der Waals surface area (Å²) in [7, 11) is 0. The van der Waals surface area contributed by atoms with Crippen molar-refractivity contribution in [1.82, 2.24) is 19.9 Å². The van der Waals surface area contributed by atoms with Crippen LogP contribution in [0.2, 0.25) is 0 Å². The molecule has 2 aromatic carbocycles. The minimum atomic E-state index is -0.126. The highest BCUT2D eigenvalue weighted by atomic mass is 16.2. The van der Waals surface area contributed by atoms with Gasteiger partial charge in [0, 0.05) is 11.6 Å². The molecule has 3 rings (SSSR count). The molecule has 0 aliphatic heterocycles. The molecule has 0 aliphatic rings. The Hall–Kier alpha value is -3.39. The number of carbonyl (C=O) groups is 1. The Morgan fingerprint density at radius 1 is 1.10 bits per heavy atom. The van der Waals surface area contributed by atoms with Crippen molar-refractivity contribution in [3.05, 3.63) is 83.2 Å². The highest BCUT2D eigenvalue weighted by molar-refractivity contribution is 5.93. The van der Waals surface area contributed by atoms with E-state index < -0.39 is 0 Å². The molecule has 0 fully saturated rings. The first-order valence-electron chi connectivity index (χ1n) is 9.89. The fourth-order valence-electron chi connectivity index (χ4n) is 3.00. The summed E-state index contributed by atoms with van der Waals surface area (Å²) >= 11 is 0. The van der Waals surface area contributed by atoms with E-state index in [-0.39, 0.29) is 11.9 Å². The molecule has 1 atom stereocenters. The number of carbonyl (C=O) groups excluding carboxylic acids is 1. The first-order chi connectivity index (χ1) is 14.1. The van der Waals surface area contributed by atoms with Crippen LogP contribution in [-0.4, -0.2) is 38.4 Å². The molecule has 0 bridgehead atoms. The predicted molar refractivity (Wildman–Crippen MR) is 114 cm³/mol. The summed E-state index contributed by atoms with van der Waals surface area (Å²) in [4.78, 5) is 15.0. The van der Waals surface area contributed by atoms with E-state index >= 15 is 0 Å². The highest BCUT2D eigenvalue weighted by Crippen LogP contribution is 2.13. The molecular formula is C24H26N4O. The van der Waals surface area contributed by atoms with Gasteiger partial charge in [0.05, 0.1) is 18.8 Å². The maximum absolute atomic E-state index is 13.2.